The van der Waals surface area contributed by atoms with Crippen molar-refractivity contribution < 1.29 is 0 Å². The van der Waals surface area contributed by atoms with E-state index in [0.717, 1.165) is 51.2 Å². The fourth-order valence-electron chi connectivity index (χ4n) is 5.43. The van der Waals surface area contributed by atoms with E-state index < -0.39 is 0 Å². The summed E-state index contributed by atoms with van der Waals surface area (Å²) in [6.45, 7) is 0. The molecule has 0 unspecified atom stereocenters. The second-order valence-corrected chi connectivity index (χ2v) is 9.51. The summed E-state index contributed by atoms with van der Waals surface area (Å²) >= 11 is 0. The molecule has 0 saturated carbocycles. The molecule has 39 heavy (non-hydrogen) atoms. The highest BCUT2D eigenvalue weighted by molar-refractivity contribution is 6.01. The Morgan fingerprint density at radius 1 is 0.282 bits per heavy atom. The molecule has 1 aliphatic rings. The summed E-state index contributed by atoms with van der Waals surface area (Å²) in [6.07, 6.45) is 0. The summed E-state index contributed by atoms with van der Waals surface area (Å²) in [5.74, 6) is 0. The van der Waals surface area contributed by atoms with Gasteiger partial charge in [0, 0.05) is 28.4 Å². The predicted octanol–water partition coefficient (Wildman–Crippen LogP) is 10.4. The molecular formula is C36H27N3. The minimum absolute atomic E-state index is 1.11. The van der Waals surface area contributed by atoms with Crippen LogP contribution in [0.5, 0.6) is 0 Å². The maximum Gasteiger partial charge on any atom is 0.0703 e. The van der Waals surface area contributed by atoms with Crippen molar-refractivity contribution in [3.63, 3.8) is 0 Å². The van der Waals surface area contributed by atoms with E-state index in [9.17, 15) is 0 Å². The van der Waals surface area contributed by atoms with Crippen molar-refractivity contribution >= 4 is 51.2 Å². The zero-order chi connectivity index (χ0) is 26.0. The summed E-state index contributed by atoms with van der Waals surface area (Å²) in [5, 5.41) is 0. The van der Waals surface area contributed by atoms with Crippen LogP contribution in [0.25, 0.3) is 0 Å². The van der Waals surface area contributed by atoms with E-state index in [2.05, 4.69) is 178 Å². The highest BCUT2D eigenvalue weighted by Gasteiger charge is 2.30. The Morgan fingerprint density at radius 3 is 1.00 bits per heavy atom. The van der Waals surface area contributed by atoms with E-state index in [4.69, 9.17) is 0 Å². The topological polar surface area (TPSA) is 9.72 Å². The fourth-order valence-corrected chi connectivity index (χ4v) is 5.43. The molecule has 0 aliphatic carbocycles. The molecule has 3 nitrogen and oxygen atoms in total. The standard InChI is InChI=1S/C36H27N3/c1-4-14-28(15-5-1)37(29-16-6-2-7-17-29)31-24-26-32(27-25-31)39-35-22-12-10-20-33(35)38(30-18-8-3-9-19-30)34-21-11-13-23-36(34)39/h1-27H. The van der Waals surface area contributed by atoms with Gasteiger partial charge in [0.25, 0.3) is 0 Å². The fraction of sp³-hybridized carbons (Fsp3) is 0. The number of anilines is 9. The molecule has 0 saturated heterocycles. The van der Waals surface area contributed by atoms with E-state index in [0.29, 0.717) is 0 Å². The average molecular weight is 502 g/mol. The quantitative estimate of drug-likeness (QED) is 0.232. The Kier molecular flexibility index (Phi) is 5.80. The van der Waals surface area contributed by atoms with Crippen LogP contribution < -0.4 is 14.7 Å². The van der Waals surface area contributed by atoms with Gasteiger partial charge in [0.15, 0.2) is 0 Å². The highest BCUT2D eigenvalue weighted by Crippen LogP contribution is 2.54. The third-order valence-corrected chi connectivity index (χ3v) is 7.14. The Bertz CT molecular complexity index is 1610. The van der Waals surface area contributed by atoms with Gasteiger partial charge in [0.2, 0.25) is 0 Å². The summed E-state index contributed by atoms with van der Waals surface area (Å²) in [4.78, 5) is 7.00. The minimum Gasteiger partial charge on any atom is -0.311 e. The van der Waals surface area contributed by atoms with Crippen molar-refractivity contribution in [2.75, 3.05) is 14.7 Å². The minimum atomic E-state index is 1.11. The van der Waals surface area contributed by atoms with Crippen molar-refractivity contribution in [3.8, 4) is 0 Å². The molecule has 0 aromatic heterocycles. The van der Waals surface area contributed by atoms with Crippen LogP contribution in [0, 0.1) is 0 Å². The Labute approximate surface area is 229 Å². The van der Waals surface area contributed by atoms with Crippen LogP contribution in [0.1, 0.15) is 0 Å². The lowest BCUT2D eigenvalue weighted by Gasteiger charge is -2.40. The SMILES string of the molecule is c1ccc(N(c2ccccc2)c2ccc(N3c4ccccc4N(c4ccccc4)c4ccccc43)cc2)cc1. The first-order valence-electron chi connectivity index (χ1n) is 13.2. The molecule has 186 valence electrons. The van der Waals surface area contributed by atoms with Gasteiger partial charge in [0.05, 0.1) is 22.7 Å². The van der Waals surface area contributed by atoms with Crippen LogP contribution >= 0.6 is 0 Å². The second kappa shape index (κ2) is 9.88. The van der Waals surface area contributed by atoms with Crippen LogP contribution in [-0.4, -0.2) is 0 Å². The molecule has 0 bridgehead atoms. The van der Waals surface area contributed by atoms with Crippen LogP contribution in [0.2, 0.25) is 0 Å². The van der Waals surface area contributed by atoms with Gasteiger partial charge in [-0.3, -0.25) is 0 Å². The van der Waals surface area contributed by atoms with Crippen LogP contribution in [-0.2, 0) is 0 Å². The van der Waals surface area contributed by atoms with Crippen molar-refractivity contribution in [2.45, 2.75) is 0 Å². The number of hydrogen-bond acceptors (Lipinski definition) is 3. The Morgan fingerprint density at radius 2 is 0.590 bits per heavy atom. The van der Waals surface area contributed by atoms with Gasteiger partial charge in [-0.15, -0.1) is 0 Å². The molecule has 0 fully saturated rings. The second-order valence-electron chi connectivity index (χ2n) is 9.51. The molecule has 1 heterocycles. The van der Waals surface area contributed by atoms with Gasteiger partial charge in [-0.05, 0) is 84.9 Å². The summed E-state index contributed by atoms with van der Waals surface area (Å²) in [6, 6.07) is 57.8. The van der Waals surface area contributed by atoms with E-state index >= 15 is 0 Å². The van der Waals surface area contributed by atoms with Gasteiger partial charge < -0.3 is 14.7 Å². The molecule has 0 N–H and O–H groups in total. The predicted molar refractivity (Wildman–Crippen MR) is 164 cm³/mol. The summed E-state index contributed by atoms with van der Waals surface area (Å²) < 4.78 is 0. The van der Waals surface area contributed by atoms with Crippen molar-refractivity contribution in [1.29, 1.82) is 0 Å². The number of benzene rings is 6. The van der Waals surface area contributed by atoms with Crippen molar-refractivity contribution in [3.05, 3.63) is 164 Å². The molecule has 0 spiro atoms. The average Bonchev–Trinajstić information content (AvgIpc) is 3.02. The first kappa shape index (κ1) is 22.9. The third kappa shape index (κ3) is 4.11. The van der Waals surface area contributed by atoms with Gasteiger partial charge in [0.1, 0.15) is 0 Å². The lowest BCUT2D eigenvalue weighted by Crippen LogP contribution is -2.23. The maximum absolute atomic E-state index is 2.36. The van der Waals surface area contributed by atoms with Gasteiger partial charge >= 0.3 is 0 Å². The Balaban J connectivity index is 1.34. The largest absolute Gasteiger partial charge is 0.311 e. The van der Waals surface area contributed by atoms with E-state index in [1.54, 1.807) is 0 Å². The molecule has 3 heteroatoms. The van der Waals surface area contributed by atoms with Crippen LogP contribution in [0.4, 0.5) is 51.2 Å². The summed E-state index contributed by atoms with van der Waals surface area (Å²) in [7, 11) is 0. The third-order valence-electron chi connectivity index (χ3n) is 7.14. The highest BCUT2D eigenvalue weighted by atomic mass is 15.3. The van der Waals surface area contributed by atoms with Crippen LogP contribution in [0.3, 0.4) is 0 Å². The van der Waals surface area contributed by atoms with Crippen molar-refractivity contribution in [2.24, 2.45) is 0 Å². The number of nitrogens with zero attached hydrogens (tertiary/aromatic N) is 3. The smallest absolute Gasteiger partial charge is 0.0703 e. The lowest BCUT2D eigenvalue weighted by molar-refractivity contribution is 1.17. The Hall–Kier alpha value is -5.28. The molecule has 0 amide bonds. The summed E-state index contributed by atoms with van der Waals surface area (Å²) in [5.41, 5.74) is 10.2. The van der Waals surface area contributed by atoms with E-state index in [-0.39, 0.29) is 0 Å². The normalized spacial score (nSPS) is 12.0. The zero-order valence-electron chi connectivity index (χ0n) is 21.4. The molecule has 1 aliphatic heterocycles. The lowest BCUT2D eigenvalue weighted by atomic mass is 10.0. The van der Waals surface area contributed by atoms with Gasteiger partial charge in [-0.25, -0.2) is 0 Å². The van der Waals surface area contributed by atoms with Gasteiger partial charge in [-0.2, -0.15) is 0 Å². The van der Waals surface area contributed by atoms with E-state index in [1.807, 2.05) is 0 Å². The van der Waals surface area contributed by atoms with Gasteiger partial charge in [-0.1, -0.05) is 78.9 Å². The molecule has 0 radical (unpaired) electrons. The number of para-hydroxylation sites is 7. The monoisotopic (exact) mass is 501 g/mol. The number of rotatable bonds is 5. The first-order valence-corrected chi connectivity index (χ1v) is 13.2. The molecule has 0 atom stereocenters. The molecule has 6 aromatic rings. The van der Waals surface area contributed by atoms with Crippen LogP contribution in [0.15, 0.2) is 164 Å². The molecule has 7 rings (SSSR count). The first-order chi connectivity index (χ1) is 19.4. The molecular weight excluding hydrogens is 474 g/mol. The number of fused-ring (bicyclic) bond motifs is 2. The number of hydrogen-bond donors (Lipinski definition) is 0. The molecule has 6 aromatic carbocycles. The zero-order valence-corrected chi connectivity index (χ0v) is 21.4. The maximum atomic E-state index is 2.36. The van der Waals surface area contributed by atoms with E-state index in [1.165, 1.54) is 0 Å². The van der Waals surface area contributed by atoms with Crippen molar-refractivity contribution in [1.82, 2.24) is 0 Å².